The Bertz CT molecular complexity index is 543. The molecule has 0 saturated carbocycles. The molecule has 1 rings (SSSR count). The Morgan fingerprint density at radius 1 is 0.962 bits per heavy atom. The third-order valence-electron chi connectivity index (χ3n) is 5.10. The molecule has 3 heteroatoms. The van der Waals surface area contributed by atoms with E-state index in [1.54, 1.807) is 0 Å². The quantitative estimate of drug-likeness (QED) is 0.236. The molecular formula is C23H36O2Sn. The molecule has 0 N–H and O–H groups in total. The van der Waals surface area contributed by atoms with E-state index in [4.69, 9.17) is 4.74 Å². The molecule has 0 heterocycles. The number of methoxy groups -OCH3 is 1. The van der Waals surface area contributed by atoms with Gasteiger partial charge in [0.15, 0.2) is 0 Å². The molecule has 0 aliphatic carbocycles. The molecule has 1 aromatic rings. The first kappa shape index (κ1) is 23.3. The van der Waals surface area contributed by atoms with Crippen molar-refractivity contribution in [2.75, 3.05) is 7.11 Å². The molecule has 144 valence electrons. The Labute approximate surface area is 171 Å². The maximum absolute atomic E-state index is 12.2. The number of ether oxygens (including phenoxy) is 1. The van der Waals surface area contributed by atoms with Gasteiger partial charge in [-0.25, -0.2) is 0 Å². The van der Waals surface area contributed by atoms with E-state index in [-0.39, 0.29) is 5.97 Å². The van der Waals surface area contributed by atoms with Gasteiger partial charge in [0.25, 0.3) is 0 Å². The van der Waals surface area contributed by atoms with Crippen molar-refractivity contribution in [1.82, 2.24) is 0 Å². The van der Waals surface area contributed by atoms with Crippen LogP contribution in [0.1, 0.15) is 94.5 Å². The van der Waals surface area contributed by atoms with Crippen LogP contribution in [0.5, 0.6) is 0 Å². The molecule has 26 heavy (non-hydrogen) atoms. The third kappa shape index (κ3) is 7.09. The molecular weight excluding hydrogens is 427 g/mol. The molecule has 0 spiro atoms. The summed E-state index contributed by atoms with van der Waals surface area (Å²) in [5.74, 6) is -0.248. The average Bonchev–Trinajstić information content (AvgIpc) is 2.68. The number of carbonyl (C=O) groups is 1. The second-order valence-electron chi connectivity index (χ2n) is 7.23. The molecule has 2 nitrogen and oxygen atoms in total. The summed E-state index contributed by atoms with van der Waals surface area (Å²) in [7, 11) is 1.45. The predicted molar refractivity (Wildman–Crippen MR) is 114 cm³/mol. The fraction of sp³-hybridized carbons (Fsp3) is 0.609. The van der Waals surface area contributed by atoms with Crippen molar-refractivity contribution in [3.8, 4) is 0 Å². The summed E-state index contributed by atoms with van der Waals surface area (Å²) >= 11 is -0.927. The summed E-state index contributed by atoms with van der Waals surface area (Å²) in [5, 5.41) is 0. The van der Waals surface area contributed by atoms with Crippen molar-refractivity contribution < 1.29 is 9.53 Å². The van der Waals surface area contributed by atoms with Crippen LogP contribution in [0, 0.1) is 0 Å². The zero-order valence-electron chi connectivity index (χ0n) is 17.2. The van der Waals surface area contributed by atoms with E-state index in [1.165, 1.54) is 68.5 Å². The summed E-state index contributed by atoms with van der Waals surface area (Å²) in [6.45, 7) is 11.3. The van der Waals surface area contributed by atoms with Gasteiger partial charge in [0.05, 0.1) is 0 Å². The summed E-state index contributed by atoms with van der Waals surface area (Å²) < 4.78 is 6.72. The fourth-order valence-electron chi connectivity index (χ4n) is 3.53. The average molecular weight is 463 g/mol. The Morgan fingerprint density at radius 2 is 1.42 bits per heavy atom. The van der Waals surface area contributed by atoms with Crippen LogP contribution in [0.25, 0.3) is 3.59 Å². The first-order valence-electron chi connectivity index (χ1n) is 10.2. The van der Waals surface area contributed by atoms with Gasteiger partial charge in [0.1, 0.15) is 0 Å². The Morgan fingerprint density at radius 3 is 1.85 bits per heavy atom. The first-order valence-corrected chi connectivity index (χ1v) is 13.0. The van der Waals surface area contributed by atoms with Gasteiger partial charge in [-0.2, -0.15) is 0 Å². The minimum atomic E-state index is -0.927. The Balaban J connectivity index is 3.11. The van der Waals surface area contributed by atoms with Gasteiger partial charge in [-0.3, -0.25) is 0 Å². The van der Waals surface area contributed by atoms with Crippen molar-refractivity contribution in [3.05, 3.63) is 42.0 Å². The van der Waals surface area contributed by atoms with E-state index >= 15 is 0 Å². The van der Waals surface area contributed by atoms with Gasteiger partial charge < -0.3 is 0 Å². The van der Waals surface area contributed by atoms with E-state index < -0.39 is 21.1 Å². The van der Waals surface area contributed by atoms with Crippen molar-refractivity contribution in [1.29, 1.82) is 0 Å². The standard InChI is InChI=1S/C13H27.C10H9O2.Sn/c1-4-7-10-13(11-8-5-2)12-9-6-3;1-3-8-6-4-5-7-9(8)10(11)12-2;/h4-12H2,1-3H3;4-7H,1H2,2H3;. The molecule has 0 aliphatic rings. The topological polar surface area (TPSA) is 26.3 Å². The van der Waals surface area contributed by atoms with Crippen molar-refractivity contribution >= 4 is 30.7 Å². The van der Waals surface area contributed by atoms with Gasteiger partial charge >= 0.3 is 171 Å². The summed E-state index contributed by atoms with van der Waals surface area (Å²) in [6, 6.07) is 7.85. The number of unbranched alkanes of at least 4 members (excludes halogenated alkanes) is 3. The summed E-state index contributed by atoms with van der Waals surface area (Å²) in [5.41, 5.74) is 1.70. The zero-order valence-corrected chi connectivity index (χ0v) is 20.1. The molecule has 0 saturated heterocycles. The molecule has 0 amide bonds. The van der Waals surface area contributed by atoms with Gasteiger partial charge in [0.2, 0.25) is 0 Å². The summed E-state index contributed by atoms with van der Waals surface area (Å²) in [4.78, 5) is 12.2. The maximum atomic E-state index is 12.2. The normalized spacial score (nSPS) is 11.4. The van der Waals surface area contributed by atoms with Crippen molar-refractivity contribution in [2.24, 2.45) is 0 Å². The Hall–Kier alpha value is -0.771. The van der Waals surface area contributed by atoms with Crippen LogP contribution in [0.4, 0.5) is 0 Å². The second-order valence-corrected chi connectivity index (χ2v) is 12.7. The van der Waals surface area contributed by atoms with Gasteiger partial charge in [-0.05, 0) is 0 Å². The first-order chi connectivity index (χ1) is 12.5. The molecule has 0 bridgehead atoms. The third-order valence-corrected chi connectivity index (χ3v) is 10.4. The van der Waals surface area contributed by atoms with Crippen LogP contribution in [-0.4, -0.2) is 34.2 Å². The van der Waals surface area contributed by atoms with E-state index in [0.29, 0.717) is 8.99 Å². The van der Waals surface area contributed by atoms with Crippen LogP contribution in [0.2, 0.25) is 3.43 Å². The number of benzene rings is 1. The fourth-order valence-corrected chi connectivity index (χ4v) is 8.95. The Kier molecular flexibility index (Phi) is 11.3. The number of rotatable bonds is 13. The van der Waals surface area contributed by atoms with Gasteiger partial charge in [-0.15, -0.1) is 0 Å². The van der Waals surface area contributed by atoms with Crippen LogP contribution >= 0.6 is 0 Å². The van der Waals surface area contributed by atoms with Crippen molar-refractivity contribution in [2.45, 2.75) is 82.0 Å². The second kappa shape index (κ2) is 12.6. The molecule has 2 radical (unpaired) electrons. The molecule has 1 aromatic carbocycles. The zero-order chi connectivity index (χ0) is 19.4. The van der Waals surface area contributed by atoms with E-state index in [2.05, 4.69) is 33.4 Å². The van der Waals surface area contributed by atoms with Crippen LogP contribution in [0.3, 0.4) is 0 Å². The van der Waals surface area contributed by atoms with E-state index in [9.17, 15) is 4.79 Å². The van der Waals surface area contributed by atoms with Crippen LogP contribution in [-0.2, 0) is 4.74 Å². The monoisotopic (exact) mass is 464 g/mol. The molecule has 0 aromatic heterocycles. The van der Waals surface area contributed by atoms with Crippen LogP contribution in [0.15, 0.2) is 30.8 Å². The van der Waals surface area contributed by atoms with Gasteiger partial charge in [0, 0.05) is 0 Å². The number of carbonyl (C=O) groups excluding carboxylic acids is 1. The SMILES string of the molecule is C=[C]([Sn][C](CCCC)(CCCC)CCCC)c1ccccc1C(=O)OC. The predicted octanol–water partition coefficient (Wildman–Crippen LogP) is 6.88. The van der Waals surface area contributed by atoms with Gasteiger partial charge in [-0.1, -0.05) is 0 Å². The van der Waals surface area contributed by atoms with E-state index in [1.807, 2.05) is 18.2 Å². The van der Waals surface area contributed by atoms with E-state index in [0.717, 1.165) is 5.56 Å². The minimum absolute atomic E-state index is 0.248. The molecule has 0 fully saturated rings. The van der Waals surface area contributed by atoms with Crippen molar-refractivity contribution in [3.63, 3.8) is 0 Å². The molecule has 0 unspecified atom stereocenters. The summed E-state index contributed by atoms with van der Waals surface area (Å²) in [6.07, 6.45) is 11.7. The number of hydrogen-bond donors (Lipinski definition) is 0. The molecule has 0 aliphatic heterocycles. The van der Waals surface area contributed by atoms with Crippen LogP contribution < -0.4 is 0 Å². The number of hydrogen-bond acceptors (Lipinski definition) is 2. The molecule has 0 atom stereocenters. The number of esters is 1.